The van der Waals surface area contributed by atoms with Gasteiger partial charge in [0.1, 0.15) is 5.75 Å². The molecule has 0 aliphatic heterocycles. The number of rotatable bonds is 5. The molecule has 118 valence electrons. The summed E-state index contributed by atoms with van der Waals surface area (Å²) in [5.41, 5.74) is 3.08. The average molecular weight is 319 g/mol. The maximum atomic E-state index is 12.0. The van der Waals surface area contributed by atoms with Gasteiger partial charge in [-0.05, 0) is 56.5 Å². The predicted molar refractivity (Wildman–Crippen MR) is 89.7 cm³/mol. The number of carbonyl (C=O) groups excluding carboxylic acids is 1. The summed E-state index contributed by atoms with van der Waals surface area (Å²) in [6, 6.07) is 7.12. The number of aliphatic hydroxyl groups excluding tert-OH is 1. The normalized spacial score (nSPS) is 12.0. The molecule has 2 aromatic rings. The van der Waals surface area contributed by atoms with Crippen molar-refractivity contribution in [3.63, 3.8) is 0 Å². The van der Waals surface area contributed by atoms with Crippen LogP contribution in [0.5, 0.6) is 5.75 Å². The summed E-state index contributed by atoms with van der Waals surface area (Å²) < 4.78 is 5.49. The van der Waals surface area contributed by atoms with E-state index in [2.05, 4.69) is 12.2 Å². The van der Waals surface area contributed by atoms with E-state index in [1.54, 1.807) is 36.5 Å². The summed E-state index contributed by atoms with van der Waals surface area (Å²) in [6.07, 6.45) is -0.558. The van der Waals surface area contributed by atoms with Crippen LogP contribution >= 0.6 is 11.3 Å². The van der Waals surface area contributed by atoms with Crippen LogP contribution in [0.2, 0.25) is 0 Å². The SMILES string of the molecule is Cc1sc(NC(=O)COc2cccc(C(C)O)c2)c(C)c1C. The number of hydrogen-bond acceptors (Lipinski definition) is 4. The zero-order valence-corrected chi connectivity index (χ0v) is 14.1. The minimum absolute atomic E-state index is 0.0568. The topological polar surface area (TPSA) is 58.6 Å². The van der Waals surface area contributed by atoms with Gasteiger partial charge in [-0.1, -0.05) is 12.1 Å². The van der Waals surface area contributed by atoms with E-state index in [1.165, 1.54) is 10.4 Å². The lowest BCUT2D eigenvalue weighted by Crippen LogP contribution is -2.20. The molecule has 22 heavy (non-hydrogen) atoms. The smallest absolute Gasteiger partial charge is 0.262 e. The largest absolute Gasteiger partial charge is 0.484 e. The van der Waals surface area contributed by atoms with Crippen molar-refractivity contribution in [3.8, 4) is 5.75 Å². The lowest BCUT2D eigenvalue weighted by atomic mass is 10.1. The second kappa shape index (κ2) is 6.94. The van der Waals surface area contributed by atoms with E-state index in [-0.39, 0.29) is 12.5 Å². The highest BCUT2D eigenvalue weighted by Gasteiger charge is 2.12. The van der Waals surface area contributed by atoms with Crippen LogP contribution in [0.3, 0.4) is 0 Å². The summed E-state index contributed by atoms with van der Waals surface area (Å²) in [4.78, 5) is 13.2. The number of carbonyl (C=O) groups is 1. The Morgan fingerprint density at radius 1 is 1.32 bits per heavy atom. The van der Waals surface area contributed by atoms with Crippen LogP contribution in [0.1, 0.15) is 34.6 Å². The van der Waals surface area contributed by atoms with Crippen LogP contribution in [0.4, 0.5) is 5.00 Å². The molecule has 5 heteroatoms. The molecule has 0 fully saturated rings. The minimum Gasteiger partial charge on any atom is -0.484 e. The first kappa shape index (κ1) is 16.5. The Morgan fingerprint density at radius 3 is 2.64 bits per heavy atom. The highest BCUT2D eigenvalue weighted by molar-refractivity contribution is 7.16. The highest BCUT2D eigenvalue weighted by atomic mass is 32.1. The lowest BCUT2D eigenvalue weighted by molar-refractivity contribution is -0.118. The van der Waals surface area contributed by atoms with Gasteiger partial charge >= 0.3 is 0 Å². The number of hydrogen-bond donors (Lipinski definition) is 2. The molecule has 4 nitrogen and oxygen atoms in total. The average Bonchev–Trinajstić information content (AvgIpc) is 2.73. The Bertz CT molecular complexity index is 677. The molecule has 1 heterocycles. The number of amides is 1. The summed E-state index contributed by atoms with van der Waals surface area (Å²) in [5, 5.41) is 13.3. The van der Waals surface area contributed by atoms with E-state index in [0.29, 0.717) is 5.75 Å². The third-order valence-electron chi connectivity index (χ3n) is 3.65. The molecule has 2 N–H and O–H groups in total. The molecule has 0 aliphatic carbocycles. The third-order valence-corrected chi connectivity index (χ3v) is 4.87. The first-order valence-electron chi connectivity index (χ1n) is 7.15. The second-order valence-electron chi connectivity index (χ2n) is 5.32. The zero-order valence-electron chi connectivity index (χ0n) is 13.3. The Balaban J connectivity index is 1.95. The minimum atomic E-state index is -0.558. The molecule has 0 saturated heterocycles. The van der Waals surface area contributed by atoms with Crippen molar-refractivity contribution in [2.24, 2.45) is 0 Å². The number of ether oxygens (including phenoxy) is 1. The lowest BCUT2D eigenvalue weighted by Gasteiger charge is -2.09. The van der Waals surface area contributed by atoms with E-state index < -0.39 is 6.10 Å². The predicted octanol–water partition coefficient (Wildman–Crippen LogP) is 3.74. The summed E-state index contributed by atoms with van der Waals surface area (Å²) in [7, 11) is 0. The van der Waals surface area contributed by atoms with Gasteiger partial charge in [0.15, 0.2) is 6.61 Å². The van der Waals surface area contributed by atoms with Crippen molar-refractivity contribution in [3.05, 3.63) is 45.8 Å². The van der Waals surface area contributed by atoms with Gasteiger partial charge in [-0.15, -0.1) is 11.3 Å². The van der Waals surface area contributed by atoms with Crippen molar-refractivity contribution in [2.45, 2.75) is 33.8 Å². The van der Waals surface area contributed by atoms with Crippen LogP contribution < -0.4 is 10.1 Å². The van der Waals surface area contributed by atoms with Crippen molar-refractivity contribution in [1.29, 1.82) is 0 Å². The van der Waals surface area contributed by atoms with Crippen molar-refractivity contribution >= 4 is 22.2 Å². The maximum Gasteiger partial charge on any atom is 0.262 e. The summed E-state index contributed by atoms with van der Waals surface area (Å²) in [5.74, 6) is 0.385. The van der Waals surface area contributed by atoms with Gasteiger partial charge in [-0.25, -0.2) is 0 Å². The van der Waals surface area contributed by atoms with Crippen LogP contribution in [-0.2, 0) is 4.79 Å². The Hall–Kier alpha value is -1.85. The van der Waals surface area contributed by atoms with Gasteiger partial charge in [0, 0.05) is 4.88 Å². The molecule has 2 rings (SSSR count). The first-order valence-corrected chi connectivity index (χ1v) is 7.97. The molecule has 0 spiro atoms. The number of anilines is 1. The standard InChI is InChI=1S/C17H21NO3S/c1-10-11(2)17(22-13(10)4)18-16(20)9-21-15-7-5-6-14(8-15)12(3)19/h5-8,12,19H,9H2,1-4H3,(H,18,20). The van der Waals surface area contributed by atoms with Crippen molar-refractivity contribution in [2.75, 3.05) is 11.9 Å². The molecular formula is C17H21NO3S. The second-order valence-corrected chi connectivity index (χ2v) is 6.55. The number of thiophene rings is 1. The van der Waals surface area contributed by atoms with Gasteiger partial charge in [0.05, 0.1) is 11.1 Å². The zero-order chi connectivity index (χ0) is 16.3. The fourth-order valence-corrected chi connectivity index (χ4v) is 3.12. The van der Waals surface area contributed by atoms with Gasteiger partial charge < -0.3 is 15.2 Å². The van der Waals surface area contributed by atoms with Crippen LogP contribution in [0.15, 0.2) is 24.3 Å². The molecule has 0 bridgehead atoms. The molecule has 0 aliphatic rings. The van der Waals surface area contributed by atoms with E-state index in [1.807, 2.05) is 19.9 Å². The molecular weight excluding hydrogens is 298 g/mol. The molecule has 1 aromatic carbocycles. The number of nitrogens with one attached hydrogen (secondary N) is 1. The first-order chi connectivity index (χ1) is 10.4. The fraction of sp³-hybridized carbons (Fsp3) is 0.353. The van der Waals surface area contributed by atoms with Crippen LogP contribution in [0, 0.1) is 20.8 Å². The quantitative estimate of drug-likeness (QED) is 0.882. The fourth-order valence-electron chi connectivity index (χ4n) is 2.04. The molecule has 1 amide bonds. The van der Waals surface area contributed by atoms with E-state index in [4.69, 9.17) is 4.74 Å². The van der Waals surface area contributed by atoms with Crippen molar-refractivity contribution in [1.82, 2.24) is 0 Å². The molecule has 1 aromatic heterocycles. The summed E-state index contributed by atoms with van der Waals surface area (Å²) in [6.45, 7) is 7.73. The number of aryl methyl sites for hydroxylation is 1. The van der Waals surface area contributed by atoms with Crippen LogP contribution in [0.25, 0.3) is 0 Å². The van der Waals surface area contributed by atoms with Gasteiger partial charge in [-0.2, -0.15) is 0 Å². The molecule has 1 atom stereocenters. The Kier molecular flexibility index (Phi) is 5.21. The third kappa shape index (κ3) is 3.87. The summed E-state index contributed by atoms with van der Waals surface area (Å²) >= 11 is 1.58. The monoisotopic (exact) mass is 319 g/mol. The van der Waals surface area contributed by atoms with E-state index in [9.17, 15) is 9.90 Å². The van der Waals surface area contributed by atoms with Gasteiger partial charge in [0.2, 0.25) is 0 Å². The van der Waals surface area contributed by atoms with E-state index >= 15 is 0 Å². The Labute approximate surface area is 134 Å². The Morgan fingerprint density at radius 2 is 2.05 bits per heavy atom. The molecule has 0 saturated carbocycles. The van der Waals surface area contributed by atoms with E-state index in [0.717, 1.165) is 16.1 Å². The van der Waals surface area contributed by atoms with Crippen LogP contribution in [-0.4, -0.2) is 17.6 Å². The molecule has 0 radical (unpaired) electrons. The van der Waals surface area contributed by atoms with Gasteiger partial charge in [0.25, 0.3) is 5.91 Å². The number of aliphatic hydroxyl groups is 1. The van der Waals surface area contributed by atoms with Gasteiger partial charge in [-0.3, -0.25) is 4.79 Å². The molecule has 1 unspecified atom stereocenters. The van der Waals surface area contributed by atoms with Crippen molar-refractivity contribution < 1.29 is 14.6 Å². The maximum absolute atomic E-state index is 12.0. The highest BCUT2D eigenvalue weighted by Crippen LogP contribution is 2.31. The number of benzene rings is 1.